The van der Waals surface area contributed by atoms with E-state index in [4.69, 9.17) is 11.6 Å². The maximum Gasteiger partial charge on any atom is 0.251 e. The van der Waals surface area contributed by atoms with Gasteiger partial charge in [0.05, 0.1) is 5.69 Å². The zero-order chi connectivity index (χ0) is 9.52. The van der Waals surface area contributed by atoms with Gasteiger partial charge in [0.15, 0.2) is 0 Å². The number of hydrogen-bond donors (Lipinski definition) is 0. The summed E-state index contributed by atoms with van der Waals surface area (Å²) in [6.07, 6.45) is 0. The first-order valence-corrected chi connectivity index (χ1v) is 4.10. The third-order valence-electron chi connectivity index (χ3n) is 1.66. The van der Waals surface area contributed by atoms with Crippen LogP contribution in [0.25, 0.3) is 0 Å². The maximum absolute atomic E-state index is 12.9. The first kappa shape index (κ1) is 9.52. The van der Waals surface area contributed by atoms with E-state index in [0.717, 1.165) is 5.69 Å². The SMILES string of the molecule is Cn1nc(F)c(Cl)c1C(C)(C)C. The molecule has 0 aliphatic rings. The number of rotatable bonds is 0. The predicted molar refractivity (Wildman–Crippen MR) is 46.9 cm³/mol. The minimum absolute atomic E-state index is 0.130. The number of halogens is 2. The molecule has 1 heterocycles. The molecule has 0 saturated heterocycles. The minimum atomic E-state index is -0.593. The molecule has 2 nitrogen and oxygen atoms in total. The van der Waals surface area contributed by atoms with Crippen LogP contribution in [0.3, 0.4) is 0 Å². The molecular formula is C8H12ClFN2. The van der Waals surface area contributed by atoms with Gasteiger partial charge in [0.1, 0.15) is 5.02 Å². The van der Waals surface area contributed by atoms with Crippen LogP contribution in [0.4, 0.5) is 4.39 Å². The second-order valence-electron chi connectivity index (χ2n) is 3.83. The molecule has 0 aliphatic carbocycles. The standard InChI is InChI=1S/C8H12ClFN2/c1-8(2,3)6-5(9)7(10)11-12(6)4/h1-4H3. The highest BCUT2D eigenvalue weighted by Crippen LogP contribution is 2.30. The molecule has 0 spiro atoms. The molecule has 0 saturated carbocycles. The van der Waals surface area contributed by atoms with Crippen LogP contribution in [-0.4, -0.2) is 9.78 Å². The van der Waals surface area contributed by atoms with Crippen LogP contribution in [0.15, 0.2) is 0 Å². The molecule has 0 radical (unpaired) electrons. The van der Waals surface area contributed by atoms with E-state index in [-0.39, 0.29) is 10.4 Å². The van der Waals surface area contributed by atoms with Crippen molar-refractivity contribution in [3.8, 4) is 0 Å². The van der Waals surface area contributed by atoms with Crippen LogP contribution in [0.2, 0.25) is 5.02 Å². The fraction of sp³-hybridized carbons (Fsp3) is 0.625. The Morgan fingerprint density at radius 2 is 1.92 bits per heavy atom. The number of hydrogen-bond acceptors (Lipinski definition) is 1. The highest BCUT2D eigenvalue weighted by Gasteiger charge is 2.25. The van der Waals surface area contributed by atoms with Gasteiger partial charge in [0.2, 0.25) is 0 Å². The summed E-state index contributed by atoms with van der Waals surface area (Å²) in [4.78, 5) is 0. The van der Waals surface area contributed by atoms with Crippen molar-refractivity contribution >= 4 is 11.6 Å². The lowest BCUT2D eigenvalue weighted by atomic mass is 9.92. The van der Waals surface area contributed by atoms with Gasteiger partial charge in [0.25, 0.3) is 5.95 Å². The van der Waals surface area contributed by atoms with Crippen molar-refractivity contribution in [2.45, 2.75) is 26.2 Å². The number of aromatic nitrogens is 2. The third kappa shape index (κ3) is 1.46. The average molecular weight is 191 g/mol. The zero-order valence-electron chi connectivity index (χ0n) is 7.65. The molecule has 1 rings (SSSR count). The highest BCUT2D eigenvalue weighted by molar-refractivity contribution is 6.31. The average Bonchev–Trinajstić information content (AvgIpc) is 2.05. The van der Waals surface area contributed by atoms with Gasteiger partial charge in [-0.3, -0.25) is 4.68 Å². The van der Waals surface area contributed by atoms with E-state index in [1.807, 2.05) is 20.8 Å². The lowest BCUT2D eigenvalue weighted by molar-refractivity contribution is 0.510. The lowest BCUT2D eigenvalue weighted by Gasteiger charge is -2.18. The third-order valence-corrected chi connectivity index (χ3v) is 2.00. The summed E-state index contributed by atoms with van der Waals surface area (Å²) in [6.45, 7) is 5.90. The highest BCUT2D eigenvalue weighted by atomic mass is 35.5. The molecule has 68 valence electrons. The van der Waals surface area contributed by atoms with Crippen molar-refractivity contribution in [3.05, 3.63) is 16.7 Å². The van der Waals surface area contributed by atoms with Crippen molar-refractivity contribution in [2.24, 2.45) is 7.05 Å². The Morgan fingerprint density at radius 1 is 1.42 bits per heavy atom. The first-order chi connectivity index (χ1) is 5.34. The lowest BCUT2D eigenvalue weighted by Crippen LogP contribution is -2.16. The summed E-state index contributed by atoms with van der Waals surface area (Å²) in [5.74, 6) is -0.593. The summed E-state index contributed by atoms with van der Waals surface area (Å²) >= 11 is 5.74. The van der Waals surface area contributed by atoms with Crippen molar-refractivity contribution in [1.82, 2.24) is 9.78 Å². The maximum atomic E-state index is 12.9. The van der Waals surface area contributed by atoms with Gasteiger partial charge in [-0.2, -0.15) is 4.39 Å². The van der Waals surface area contributed by atoms with Crippen LogP contribution in [0, 0.1) is 5.95 Å². The Kier molecular flexibility index (Phi) is 2.17. The summed E-state index contributed by atoms with van der Waals surface area (Å²) in [6, 6.07) is 0. The fourth-order valence-electron chi connectivity index (χ4n) is 1.28. The van der Waals surface area contributed by atoms with Crippen molar-refractivity contribution in [1.29, 1.82) is 0 Å². The second-order valence-corrected chi connectivity index (χ2v) is 4.20. The summed E-state index contributed by atoms with van der Waals surface area (Å²) in [5.41, 5.74) is 0.546. The molecule has 0 bridgehead atoms. The molecule has 0 fully saturated rings. The van der Waals surface area contributed by atoms with E-state index >= 15 is 0 Å². The van der Waals surface area contributed by atoms with Gasteiger partial charge >= 0.3 is 0 Å². The van der Waals surface area contributed by atoms with Crippen molar-refractivity contribution in [3.63, 3.8) is 0 Å². The summed E-state index contributed by atoms with van der Waals surface area (Å²) < 4.78 is 14.4. The van der Waals surface area contributed by atoms with E-state index in [2.05, 4.69) is 5.10 Å². The molecule has 0 amide bonds. The van der Waals surface area contributed by atoms with E-state index in [1.54, 1.807) is 7.05 Å². The molecule has 1 aromatic heterocycles. The van der Waals surface area contributed by atoms with Gasteiger partial charge in [-0.05, 0) is 0 Å². The topological polar surface area (TPSA) is 17.8 Å². The Morgan fingerprint density at radius 3 is 2.08 bits per heavy atom. The van der Waals surface area contributed by atoms with E-state index < -0.39 is 5.95 Å². The molecular weight excluding hydrogens is 179 g/mol. The molecule has 4 heteroatoms. The van der Waals surface area contributed by atoms with Crippen LogP contribution in [0.5, 0.6) is 0 Å². The number of nitrogens with zero attached hydrogens (tertiary/aromatic N) is 2. The largest absolute Gasteiger partial charge is 0.268 e. The Balaban J connectivity index is 3.32. The van der Waals surface area contributed by atoms with Gasteiger partial charge in [-0.15, -0.1) is 5.10 Å². The summed E-state index contributed by atoms with van der Waals surface area (Å²) in [5, 5.41) is 3.72. The smallest absolute Gasteiger partial charge is 0.251 e. The Hall–Kier alpha value is -0.570. The Bertz CT molecular complexity index is 299. The predicted octanol–water partition coefficient (Wildman–Crippen LogP) is 2.51. The zero-order valence-corrected chi connectivity index (χ0v) is 8.41. The molecule has 0 unspecified atom stereocenters. The van der Waals surface area contributed by atoms with Crippen LogP contribution >= 0.6 is 11.6 Å². The van der Waals surface area contributed by atoms with Gasteiger partial charge in [-0.25, -0.2) is 0 Å². The summed E-state index contributed by atoms with van der Waals surface area (Å²) in [7, 11) is 1.69. The minimum Gasteiger partial charge on any atom is -0.268 e. The normalized spacial score (nSPS) is 12.2. The fourth-order valence-corrected chi connectivity index (χ4v) is 1.72. The second kappa shape index (κ2) is 2.73. The molecule has 1 aromatic rings. The van der Waals surface area contributed by atoms with E-state index in [9.17, 15) is 4.39 Å². The monoisotopic (exact) mass is 190 g/mol. The van der Waals surface area contributed by atoms with E-state index in [1.165, 1.54) is 4.68 Å². The molecule has 0 aromatic carbocycles. The van der Waals surface area contributed by atoms with Gasteiger partial charge in [-0.1, -0.05) is 32.4 Å². The molecule has 12 heavy (non-hydrogen) atoms. The number of aryl methyl sites for hydroxylation is 1. The molecule has 0 N–H and O–H groups in total. The van der Waals surface area contributed by atoms with Crippen molar-refractivity contribution in [2.75, 3.05) is 0 Å². The first-order valence-electron chi connectivity index (χ1n) is 3.72. The van der Waals surface area contributed by atoms with Gasteiger partial charge < -0.3 is 0 Å². The van der Waals surface area contributed by atoms with Crippen LogP contribution in [0.1, 0.15) is 26.5 Å². The van der Waals surface area contributed by atoms with E-state index in [0.29, 0.717) is 0 Å². The molecule has 0 atom stereocenters. The van der Waals surface area contributed by atoms with Crippen molar-refractivity contribution < 1.29 is 4.39 Å². The van der Waals surface area contributed by atoms with Crippen LogP contribution < -0.4 is 0 Å². The Labute approximate surface area is 76.3 Å². The van der Waals surface area contributed by atoms with Crippen LogP contribution in [-0.2, 0) is 12.5 Å². The van der Waals surface area contributed by atoms with Gasteiger partial charge in [0, 0.05) is 12.5 Å². The molecule has 0 aliphatic heterocycles. The quantitative estimate of drug-likeness (QED) is 0.615.